The third kappa shape index (κ3) is 8.61. The molecule has 15 heteroatoms. The third-order valence-corrected chi connectivity index (χ3v) is 9.21. The number of carbonyl (C=O) groups is 1. The van der Waals surface area contributed by atoms with Gasteiger partial charge in [-0.3, -0.25) is 9.36 Å². The van der Waals surface area contributed by atoms with Gasteiger partial charge in [0, 0.05) is 32.1 Å². The number of benzene rings is 2. The molecule has 2 aromatic carbocycles. The highest BCUT2D eigenvalue weighted by Gasteiger charge is 2.47. The summed E-state index contributed by atoms with van der Waals surface area (Å²) in [6.07, 6.45) is 1.64. The molecule has 0 bridgehead atoms. The van der Waals surface area contributed by atoms with Crippen LogP contribution in [-0.4, -0.2) is 104 Å². The molecule has 6 N–H and O–H groups in total. The van der Waals surface area contributed by atoms with Crippen molar-refractivity contribution in [2.24, 2.45) is 4.99 Å². The minimum absolute atomic E-state index is 0.0208. The van der Waals surface area contributed by atoms with Crippen molar-refractivity contribution in [3.05, 3.63) is 83.9 Å². The van der Waals surface area contributed by atoms with Gasteiger partial charge in [-0.25, -0.2) is 15.0 Å². The van der Waals surface area contributed by atoms with Crippen molar-refractivity contribution in [2.45, 2.75) is 63.2 Å². The fraction of sp³-hybridized carbons (Fsp3) is 0.444. The minimum atomic E-state index is -1.46. The van der Waals surface area contributed by atoms with Crippen LogP contribution in [0.3, 0.4) is 0 Å². The van der Waals surface area contributed by atoms with Gasteiger partial charge in [-0.2, -0.15) is 5.26 Å². The standard InChI is InChI=1S/C36H45N11O4/c1-2-38-34(50)31-29(48)30(49)35(51-31)47-23-43-28-32(40-20-26(24-12-6-3-7-13-24)25-14-8-4-9-15-25)44-27(45-33(28)47)21-41-36(42-22-37)39-16-19-46-17-10-5-11-18-46/h3-4,6-9,12-15,23,26,29-31,35,48-49H,2,5,10-11,16-21H2,1H3,(H,38,50)(H2,39,41,42)(H,40,44,45)/t29-,30+,31-,35+/m0/s1. The van der Waals surface area contributed by atoms with Crippen molar-refractivity contribution in [3.63, 3.8) is 0 Å². The SMILES string of the molecule is CCNC(=O)[C@H]1O[C@@H](n2cnc3c(NCC(c4ccccc4)c4ccccc4)nc(CN/C(=N/C#N)NCCN4CCCCC4)nc32)[C@H](O)[C@@H]1O. The first kappa shape index (κ1) is 35.7. The fourth-order valence-corrected chi connectivity index (χ4v) is 6.60. The van der Waals surface area contributed by atoms with Gasteiger partial charge in [-0.05, 0) is 44.0 Å². The number of likely N-dealkylation sites (tertiary alicyclic amines) is 1. The summed E-state index contributed by atoms with van der Waals surface area (Å²) in [5.74, 6) is 0.546. The average Bonchev–Trinajstić information content (AvgIpc) is 3.71. The lowest BCUT2D eigenvalue weighted by molar-refractivity contribution is -0.137. The van der Waals surface area contributed by atoms with Gasteiger partial charge in [-0.15, -0.1) is 4.99 Å². The van der Waals surface area contributed by atoms with E-state index < -0.39 is 30.4 Å². The minimum Gasteiger partial charge on any atom is -0.387 e. The van der Waals surface area contributed by atoms with E-state index in [0.29, 0.717) is 48.4 Å². The molecule has 6 rings (SSSR count). The van der Waals surface area contributed by atoms with Crippen LogP contribution in [0.4, 0.5) is 5.82 Å². The molecule has 2 aliphatic heterocycles. The van der Waals surface area contributed by atoms with Crippen LogP contribution >= 0.6 is 0 Å². The molecular formula is C36H45N11O4. The highest BCUT2D eigenvalue weighted by molar-refractivity contribution is 5.84. The van der Waals surface area contributed by atoms with E-state index in [9.17, 15) is 20.3 Å². The summed E-state index contributed by atoms with van der Waals surface area (Å²) >= 11 is 0. The predicted octanol–water partition coefficient (Wildman–Crippen LogP) is 1.83. The van der Waals surface area contributed by atoms with Gasteiger partial charge < -0.3 is 41.1 Å². The van der Waals surface area contributed by atoms with E-state index in [1.54, 1.807) is 6.92 Å². The van der Waals surface area contributed by atoms with Gasteiger partial charge in [-0.1, -0.05) is 67.1 Å². The summed E-state index contributed by atoms with van der Waals surface area (Å²) in [6, 6.07) is 20.4. The Morgan fingerprint density at radius 1 is 1.00 bits per heavy atom. The average molecular weight is 696 g/mol. The van der Waals surface area contributed by atoms with Crippen molar-refractivity contribution in [1.82, 2.24) is 40.4 Å². The maximum Gasteiger partial charge on any atom is 0.252 e. The molecule has 4 atom stereocenters. The van der Waals surface area contributed by atoms with Gasteiger partial charge >= 0.3 is 0 Å². The second-order valence-electron chi connectivity index (χ2n) is 12.6. The van der Waals surface area contributed by atoms with E-state index in [0.717, 1.165) is 30.8 Å². The third-order valence-electron chi connectivity index (χ3n) is 9.21. The Morgan fingerprint density at radius 2 is 1.71 bits per heavy atom. The van der Waals surface area contributed by atoms with Crippen LogP contribution in [0.5, 0.6) is 0 Å². The van der Waals surface area contributed by atoms with Gasteiger partial charge in [0.25, 0.3) is 5.91 Å². The Morgan fingerprint density at radius 3 is 2.37 bits per heavy atom. The Hall–Kier alpha value is -5.14. The van der Waals surface area contributed by atoms with Gasteiger partial charge in [0.1, 0.15) is 12.2 Å². The number of anilines is 1. The molecule has 2 aromatic heterocycles. The monoisotopic (exact) mass is 695 g/mol. The maximum absolute atomic E-state index is 12.6. The van der Waals surface area contributed by atoms with Crippen molar-refractivity contribution in [1.29, 1.82) is 5.26 Å². The van der Waals surface area contributed by atoms with E-state index in [2.05, 4.69) is 60.4 Å². The van der Waals surface area contributed by atoms with E-state index in [1.807, 2.05) is 42.6 Å². The predicted molar refractivity (Wildman–Crippen MR) is 191 cm³/mol. The summed E-state index contributed by atoms with van der Waals surface area (Å²) in [7, 11) is 0. The molecule has 51 heavy (non-hydrogen) atoms. The molecule has 0 spiro atoms. The number of carbonyl (C=O) groups excluding carboxylic acids is 1. The smallest absolute Gasteiger partial charge is 0.252 e. The first-order valence-electron chi connectivity index (χ1n) is 17.5. The van der Waals surface area contributed by atoms with Crippen molar-refractivity contribution < 1.29 is 19.7 Å². The topological polar surface area (TPSA) is 198 Å². The van der Waals surface area contributed by atoms with Crippen LogP contribution in [0.2, 0.25) is 0 Å². The lowest BCUT2D eigenvalue weighted by Crippen LogP contribution is -2.42. The molecule has 0 unspecified atom stereocenters. The molecule has 0 radical (unpaired) electrons. The van der Waals surface area contributed by atoms with Crippen LogP contribution in [0.15, 0.2) is 72.0 Å². The Kier molecular flexibility index (Phi) is 12.0. The summed E-state index contributed by atoms with van der Waals surface area (Å²) in [6.45, 7) is 6.24. The van der Waals surface area contributed by atoms with Crippen molar-refractivity contribution in [2.75, 3.05) is 44.6 Å². The molecule has 2 saturated heterocycles. The number of fused-ring (bicyclic) bond motifs is 1. The summed E-state index contributed by atoms with van der Waals surface area (Å²) in [5, 5.41) is 43.7. The summed E-state index contributed by atoms with van der Waals surface area (Å²) in [4.78, 5) is 33.2. The van der Waals surface area contributed by atoms with Crippen molar-refractivity contribution in [3.8, 4) is 6.19 Å². The number of aromatic nitrogens is 4. The number of hydrogen-bond donors (Lipinski definition) is 6. The number of hydrogen-bond acceptors (Lipinski definition) is 11. The molecule has 4 heterocycles. The molecule has 4 aromatic rings. The number of likely N-dealkylation sites (N-methyl/N-ethyl adjacent to an activating group) is 1. The number of piperidine rings is 1. The van der Waals surface area contributed by atoms with Crippen LogP contribution in [-0.2, 0) is 16.1 Å². The van der Waals surface area contributed by atoms with Gasteiger partial charge in [0.05, 0.1) is 12.9 Å². The molecule has 2 fully saturated rings. The summed E-state index contributed by atoms with van der Waals surface area (Å²) < 4.78 is 7.42. The zero-order valence-corrected chi connectivity index (χ0v) is 28.7. The summed E-state index contributed by atoms with van der Waals surface area (Å²) in [5.41, 5.74) is 2.98. The normalized spacial score (nSPS) is 21.0. The second kappa shape index (κ2) is 17.2. The number of nitriles is 1. The van der Waals surface area contributed by atoms with E-state index in [-0.39, 0.29) is 12.5 Å². The quantitative estimate of drug-likeness (QED) is 0.0675. The number of aliphatic hydroxyl groups is 2. The number of imidazole rings is 1. The number of guanidine groups is 1. The van der Waals surface area contributed by atoms with E-state index in [4.69, 9.17) is 14.7 Å². The van der Waals surface area contributed by atoms with Crippen molar-refractivity contribution >= 4 is 28.8 Å². The Balaban J connectivity index is 1.28. The number of aliphatic imine (C=N–C) groups is 1. The lowest BCUT2D eigenvalue weighted by atomic mass is 9.91. The Labute approximate surface area is 296 Å². The number of amides is 1. The van der Waals surface area contributed by atoms with Gasteiger partial charge in [0.2, 0.25) is 12.2 Å². The number of aliphatic hydroxyl groups excluding tert-OH is 2. The van der Waals surface area contributed by atoms with E-state index >= 15 is 0 Å². The first-order chi connectivity index (χ1) is 25.0. The first-order valence-corrected chi connectivity index (χ1v) is 17.5. The maximum atomic E-state index is 12.6. The molecule has 268 valence electrons. The number of ether oxygens (including phenoxy) is 1. The molecular weight excluding hydrogens is 650 g/mol. The van der Waals surface area contributed by atoms with Crippen LogP contribution in [0, 0.1) is 11.5 Å². The zero-order valence-electron chi connectivity index (χ0n) is 28.7. The number of rotatable bonds is 13. The lowest BCUT2D eigenvalue weighted by Gasteiger charge is -2.26. The molecule has 0 saturated carbocycles. The van der Waals surface area contributed by atoms with E-state index in [1.165, 1.54) is 30.2 Å². The van der Waals surface area contributed by atoms with Crippen LogP contribution in [0.25, 0.3) is 11.2 Å². The van der Waals surface area contributed by atoms with Crippen LogP contribution in [0.1, 0.15) is 55.3 Å². The molecule has 0 aliphatic carbocycles. The highest BCUT2D eigenvalue weighted by atomic mass is 16.6. The van der Waals surface area contributed by atoms with Crippen LogP contribution < -0.4 is 21.3 Å². The molecule has 15 nitrogen and oxygen atoms in total. The highest BCUT2D eigenvalue weighted by Crippen LogP contribution is 2.33. The number of nitrogens with one attached hydrogen (secondary N) is 4. The largest absolute Gasteiger partial charge is 0.387 e. The second-order valence-corrected chi connectivity index (χ2v) is 12.6. The fourth-order valence-electron chi connectivity index (χ4n) is 6.60. The molecule has 1 amide bonds. The van der Waals surface area contributed by atoms with Gasteiger partial charge in [0.15, 0.2) is 35.1 Å². The number of nitrogens with zero attached hydrogens (tertiary/aromatic N) is 7. The zero-order chi connectivity index (χ0) is 35.6. The Bertz CT molecular complexity index is 1770. The molecule has 2 aliphatic rings.